The Morgan fingerprint density at radius 2 is 1.09 bits per heavy atom. The molecule has 0 bridgehead atoms. The Hall–Kier alpha value is -5.66. The van der Waals surface area contributed by atoms with Crippen molar-refractivity contribution in [3.05, 3.63) is 157 Å². The average Bonchev–Trinajstić information content (AvgIpc) is 3.47. The van der Waals surface area contributed by atoms with E-state index in [0.717, 1.165) is 32.7 Å². The van der Waals surface area contributed by atoms with Crippen molar-refractivity contribution >= 4 is 54.3 Å². The summed E-state index contributed by atoms with van der Waals surface area (Å²) in [6.45, 7) is 4.44. The van der Waals surface area contributed by atoms with Crippen LogP contribution in [0.4, 0.5) is 0 Å². The zero-order chi connectivity index (χ0) is 31.6. The Kier molecular flexibility index (Phi) is 5.83. The summed E-state index contributed by atoms with van der Waals surface area (Å²) in [5.41, 5.74) is 10.4. The van der Waals surface area contributed by atoms with Crippen LogP contribution in [-0.4, -0.2) is 0 Å². The first-order valence-corrected chi connectivity index (χ1v) is 16.0. The van der Waals surface area contributed by atoms with E-state index >= 15 is 0 Å². The number of hydrogen-bond acceptors (Lipinski definition) is 1. The molecule has 0 aliphatic carbocycles. The lowest BCUT2D eigenvalue weighted by Crippen LogP contribution is -1.91. The van der Waals surface area contributed by atoms with Gasteiger partial charge in [0.1, 0.15) is 11.2 Å². The van der Waals surface area contributed by atoms with Gasteiger partial charge in [0.05, 0.1) is 1.37 Å². The van der Waals surface area contributed by atoms with Crippen molar-refractivity contribution in [2.24, 2.45) is 0 Å². The molecule has 1 heterocycles. The summed E-state index contributed by atoms with van der Waals surface area (Å²) in [6.07, 6.45) is 0. The molecule has 0 aliphatic rings. The smallest absolute Gasteiger partial charge is 0.135 e. The third-order valence-corrected chi connectivity index (χ3v) is 9.55. The molecule has 0 atom stereocenters. The van der Waals surface area contributed by atoms with Crippen LogP contribution in [0.3, 0.4) is 0 Å². The molecule has 46 heavy (non-hydrogen) atoms. The highest BCUT2D eigenvalue weighted by molar-refractivity contribution is 6.22. The minimum atomic E-state index is 0.449. The molecule has 0 N–H and O–H groups in total. The fourth-order valence-electron chi connectivity index (χ4n) is 7.22. The molecule has 8 aromatic carbocycles. The first kappa shape index (κ1) is 25.6. The highest BCUT2D eigenvalue weighted by Crippen LogP contribution is 2.45. The number of benzene rings is 8. The van der Waals surface area contributed by atoms with Gasteiger partial charge in [-0.1, -0.05) is 135 Å². The van der Waals surface area contributed by atoms with E-state index in [1.807, 2.05) is 18.2 Å². The molecule has 0 radical (unpaired) electrons. The molecule has 1 nitrogen and oxygen atoms in total. The molecule has 1 aromatic heterocycles. The van der Waals surface area contributed by atoms with Crippen molar-refractivity contribution in [3.63, 3.8) is 0 Å². The van der Waals surface area contributed by atoms with Crippen LogP contribution < -0.4 is 0 Å². The number of hydrogen-bond donors (Lipinski definition) is 0. The Morgan fingerprint density at radius 3 is 1.80 bits per heavy atom. The molecule has 0 unspecified atom stereocenters. The van der Waals surface area contributed by atoms with Crippen LogP contribution in [0.5, 0.6) is 0 Å². The van der Waals surface area contributed by atoms with Gasteiger partial charge in [-0.15, -0.1) is 0 Å². The lowest BCUT2D eigenvalue weighted by molar-refractivity contribution is 0.667. The van der Waals surface area contributed by atoms with Crippen LogP contribution in [0, 0.1) is 0 Å². The van der Waals surface area contributed by atoms with Gasteiger partial charge in [-0.2, -0.15) is 0 Å². The van der Waals surface area contributed by atoms with Gasteiger partial charge in [0.2, 0.25) is 0 Å². The summed E-state index contributed by atoms with van der Waals surface area (Å²) >= 11 is 0. The fourth-order valence-corrected chi connectivity index (χ4v) is 7.22. The van der Waals surface area contributed by atoms with E-state index in [1.165, 1.54) is 60.5 Å². The Morgan fingerprint density at radius 1 is 0.435 bits per heavy atom. The lowest BCUT2D eigenvalue weighted by atomic mass is 9.85. The topological polar surface area (TPSA) is 13.1 Å². The second-order valence-corrected chi connectivity index (χ2v) is 12.6. The molecule has 218 valence electrons. The van der Waals surface area contributed by atoms with Gasteiger partial charge >= 0.3 is 0 Å². The quantitative estimate of drug-likeness (QED) is 0.186. The predicted octanol–water partition coefficient (Wildman–Crippen LogP) is 13.2. The van der Waals surface area contributed by atoms with Crippen LogP contribution in [-0.2, 0) is 0 Å². The molecule has 0 saturated heterocycles. The maximum absolute atomic E-state index is 8.00. The maximum Gasteiger partial charge on any atom is 0.135 e. The Balaban J connectivity index is 1.26. The van der Waals surface area contributed by atoms with Crippen molar-refractivity contribution in [1.29, 1.82) is 0 Å². The van der Waals surface area contributed by atoms with Gasteiger partial charge in [0, 0.05) is 10.8 Å². The van der Waals surface area contributed by atoms with Gasteiger partial charge in [-0.05, 0) is 108 Å². The largest absolute Gasteiger partial charge is 0.456 e. The van der Waals surface area contributed by atoms with Crippen LogP contribution in [0.2, 0.25) is 0 Å². The van der Waals surface area contributed by atoms with Crippen molar-refractivity contribution in [1.82, 2.24) is 0 Å². The Bertz CT molecular complexity index is 2620. The minimum absolute atomic E-state index is 0.449. The summed E-state index contributed by atoms with van der Waals surface area (Å²) in [4.78, 5) is 0. The van der Waals surface area contributed by atoms with Gasteiger partial charge in [0.15, 0.2) is 0 Å². The third-order valence-electron chi connectivity index (χ3n) is 9.55. The summed E-state index contributed by atoms with van der Waals surface area (Å²) in [6, 6.07) is 52.8. The van der Waals surface area contributed by atoms with Crippen LogP contribution in [0.1, 0.15) is 26.7 Å². The van der Waals surface area contributed by atoms with E-state index in [9.17, 15) is 0 Å². The summed E-state index contributed by atoms with van der Waals surface area (Å²) in [5.74, 6) is 0.449. The van der Waals surface area contributed by atoms with Crippen molar-refractivity contribution in [2.45, 2.75) is 19.8 Å². The number of furan rings is 1. The van der Waals surface area contributed by atoms with Crippen LogP contribution in [0.15, 0.2) is 156 Å². The normalized spacial score (nSPS) is 12.2. The molecule has 0 spiro atoms. The molecule has 9 aromatic rings. The predicted molar refractivity (Wildman–Crippen MR) is 197 cm³/mol. The minimum Gasteiger partial charge on any atom is -0.456 e. The van der Waals surface area contributed by atoms with Crippen molar-refractivity contribution in [2.75, 3.05) is 0 Å². The van der Waals surface area contributed by atoms with Gasteiger partial charge in [-0.25, -0.2) is 0 Å². The zero-order valence-electron chi connectivity index (χ0n) is 26.8. The van der Waals surface area contributed by atoms with E-state index in [1.54, 1.807) is 0 Å². The van der Waals surface area contributed by atoms with E-state index in [2.05, 4.69) is 141 Å². The van der Waals surface area contributed by atoms with Gasteiger partial charge in [0.25, 0.3) is 0 Å². The molecular weight excluding hydrogens is 556 g/mol. The molecule has 1 heteroatoms. The van der Waals surface area contributed by atoms with Gasteiger partial charge < -0.3 is 4.42 Å². The van der Waals surface area contributed by atoms with Gasteiger partial charge in [-0.3, -0.25) is 0 Å². The summed E-state index contributed by atoms with van der Waals surface area (Å²) in [7, 11) is 0. The molecule has 0 saturated carbocycles. The highest BCUT2D eigenvalue weighted by Gasteiger charge is 2.18. The zero-order valence-corrected chi connectivity index (χ0v) is 25.8. The Labute approximate surface area is 269 Å². The lowest BCUT2D eigenvalue weighted by Gasteiger charge is -2.18. The van der Waals surface area contributed by atoms with E-state index in [0.29, 0.717) is 12.0 Å². The van der Waals surface area contributed by atoms with Crippen molar-refractivity contribution < 1.29 is 5.79 Å². The number of rotatable bonds is 4. The molecular formula is C45H32O. The first-order valence-electron chi connectivity index (χ1n) is 16.5. The van der Waals surface area contributed by atoms with E-state index in [-0.39, 0.29) is 0 Å². The SMILES string of the molecule is [2H]c1ccc2cc(-c3cccc(-c4c5ccccc5c(-c5ccc6oc7cc(C(C)C)ccc7c6c5)c5ccccc45)c3)ccc2c1. The van der Waals surface area contributed by atoms with Crippen LogP contribution in [0.25, 0.3) is 87.6 Å². The monoisotopic (exact) mass is 589 g/mol. The number of fused-ring (bicyclic) bond motifs is 6. The van der Waals surface area contributed by atoms with E-state index in [4.69, 9.17) is 5.79 Å². The fraction of sp³-hybridized carbons (Fsp3) is 0.0667. The van der Waals surface area contributed by atoms with Crippen LogP contribution >= 0.6 is 0 Å². The maximum atomic E-state index is 8.00. The second-order valence-electron chi connectivity index (χ2n) is 12.6. The molecule has 9 rings (SSSR count). The molecule has 0 aliphatic heterocycles. The average molecular weight is 590 g/mol. The van der Waals surface area contributed by atoms with Crippen molar-refractivity contribution in [3.8, 4) is 33.4 Å². The van der Waals surface area contributed by atoms with E-state index < -0.39 is 0 Å². The molecule has 0 amide bonds. The highest BCUT2D eigenvalue weighted by atomic mass is 16.3. The summed E-state index contributed by atoms with van der Waals surface area (Å²) < 4.78 is 14.3. The summed E-state index contributed by atoms with van der Waals surface area (Å²) in [5, 5.41) is 9.47. The molecule has 0 fully saturated rings. The third kappa shape index (κ3) is 4.24. The second kappa shape index (κ2) is 10.5. The first-order chi connectivity index (χ1) is 23.0. The standard InChI is InChI=1S/C45H32O/c1-28(2)30-20-22-36-41-26-35(21-23-42(41)46-43(36)27-30)45-39-16-7-5-14-37(39)44(38-15-6-8-17-40(38)45)34-13-9-12-32(25-34)33-19-18-29-10-3-4-11-31(29)24-33/h3-28H,1-2H3/i3D.